The quantitative estimate of drug-likeness (QED) is 0.449. The van der Waals surface area contributed by atoms with Crippen LogP contribution in [-0.2, 0) is 29.4 Å². The molecule has 11 nitrogen and oxygen atoms in total. The molecule has 0 aliphatic heterocycles. The number of sulfone groups is 1. The molecule has 192 valence electrons. The number of nitrogens with zero attached hydrogens (tertiary/aromatic N) is 1. The Labute approximate surface area is 205 Å². The molecule has 13 heteroatoms. The molecule has 0 fully saturated rings. The summed E-state index contributed by atoms with van der Waals surface area (Å²) in [6.45, 7) is 1.51. The Morgan fingerprint density at radius 2 is 1.46 bits per heavy atom. The molecule has 0 saturated carbocycles. The highest BCUT2D eigenvalue weighted by atomic mass is 32.2. The highest BCUT2D eigenvalue weighted by Gasteiger charge is 2.33. The highest BCUT2D eigenvalue weighted by Crippen LogP contribution is 2.29. The van der Waals surface area contributed by atoms with Gasteiger partial charge in [0.15, 0.2) is 21.3 Å². The van der Waals surface area contributed by atoms with Gasteiger partial charge in [-0.05, 0) is 42.8 Å². The lowest BCUT2D eigenvalue weighted by molar-refractivity contribution is -0.115. The van der Waals surface area contributed by atoms with E-state index < -0.39 is 42.7 Å². The van der Waals surface area contributed by atoms with Crippen molar-refractivity contribution in [1.82, 2.24) is 4.31 Å². The molecular weight excluding hydrogens is 498 g/mol. The van der Waals surface area contributed by atoms with E-state index >= 15 is 0 Å². The molecule has 1 atom stereocenters. The summed E-state index contributed by atoms with van der Waals surface area (Å²) < 4.78 is 61.3. The third-order valence-corrected chi connectivity index (χ3v) is 8.90. The minimum Gasteiger partial charge on any atom is -0.493 e. The third-order valence-electron chi connectivity index (χ3n) is 5.00. The van der Waals surface area contributed by atoms with Gasteiger partial charge in [0.25, 0.3) is 0 Å². The number of hydrogen-bond donors (Lipinski definition) is 2. The van der Waals surface area contributed by atoms with Crippen molar-refractivity contribution in [3.8, 4) is 11.5 Å². The zero-order valence-corrected chi connectivity index (χ0v) is 21.7. The molecule has 0 aliphatic carbocycles. The molecule has 2 amide bonds. The number of anilines is 2. The van der Waals surface area contributed by atoms with Crippen LogP contribution in [0.3, 0.4) is 0 Å². The van der Waals surface area contributed by atoms with Crippen molar-refractivity contribution in [2.45, 2.75) is 23.5 Å². The van der Waals surface area contributed by atoms with E-state index in [0.29, 0.717) is 17.2 Å². The summed E-state index contributed by atoms with van der Waals surface area (Å²) in [5.41, 5.74) is 0.518. The highest BCUT2D eigenvalue weighted by molar-refractivity contribution is 7.93. The minimum absolute atomic E-state index is 0.0204. The van der Waals surface area contributed by atoms with Crippen LogP contribution in [0.4, 0.5) is 11.4 Å². The first-order valence-electron chi connectivity index (χ1n) is 10.4. The first kappa shape index (κ1) is 28.1. The molecule has 0 aromatic heterocycles. The summed E-state index contributed by atoms with van der Waals surface area (Å²) in [4.78, 5) is 25.1. The SMILES string of the molecule is CCC(C(=O)Nc1ccc(S(=O)(=O)N(C)C)cc1)S(=O)(=O)CC(=O)Nc1ccc(OC)c(OC)c1. The molecular formula is C22H29N3O8S2. The van der Waals surface area contributed by atoms with Gasteiger partial charge in [0.05, 0.1) is 19.1 Å². The summed E-state index contributed by atoms with van der Waals surface area (Å²) in [6.07, 6.45) is -0.0646. The normalized spacial score (nSPS) is 12.6. The van der Waals surface area contributed by atoms with Crippen LogP contribution in [0, 0.1) is 0 Å². The van der Waals surface area contributed by atoms with Crippen molar-refractivity contribution >= 4 is 43.0 Å². The van der Waals surface area contributed by atoms with Crippen LogP contribution in [0.2, 0.25) is 0 Å². The van der Waals surface area contributed by atoms with E-state index in [1.165, 1.54) is 71.6 Å². The summed E-state index contributed by atoms with van der Waals surface area (Å²) in [6, 6.07) is 9.88. The molecule has 0 bridgehead atoms. The monoisotopic (exact) mass is 527 g/mol. The van der Waals surface area contributed by atoms with Crippen molar-refractivity contribution in [2.75, 3.05) is 44.7 Å². The van der Waals surface area contributed by atoms with Crippen LogP contribution in [-0.4, -0.2) is 72.3 Å². The fourth-order valence-corrected chi connectivity index (χ4v) is 5.57. The number of nitrogens with one attached hydrogen (secondary N) is 2. The molecule has 35 heavy (non-hydrogen) atoms. The first-order chi connectivity index (χ1) is 16.3. The van der Waals surface area contributed by atoms with Crippen LogP contribution >= 0.6 is 0 Å². The second-order valence-electron chi connectivity index (χ2n) is 7.62. The zero-order valence-electron chi connectivity index (χ0n) is 20.1. The van der Waals surface area contributed by atoms with E-state index in [0.717, 1.165) is 4.31 Å². The Morgan fingerprint density at radius 3 is 1.97 bits per heavy atom. The van der Waals surface area contributed by atoms with Gasteiger partial charge in [-0.3, -0.25) is 9.59 Å². The van der Waals surface area contributed by atoms with E-state index in [2.05, 4.69) is 10.6 Å². The Hall–Kier alpha value is -3.16. The number of amides is 2. The summed E-state index contributed by atoms with van der Waals surface area (Å²) in [5.74, 6) is -1.76. The number of carbonyl (C=O) groups excluding carboxylic acids is 2. The summed E-state index contributed by atoms with van der Waals surface area (Å²) in [7, 11) is -2.15. The van der Waals surface area contributed by atoms with Gasteiger partial charge in [-0.15, -0.1) is 0 Å². The Balaban J connectivity index is 2.10. The molecule has 1 unspecified atom stereocenters. The van der Waals surface area contributed by atoms with Crippen LogP contribution in [0.25, 0.3) is 0 Å². The van der Waals surface area contributed by atoms with Crippen molar-refractivity contribution in [1.29, 1.82) is 0 Å². The van der Waals surface area contributed by atoms with Gasteiger partial charge < -0.3 is 20.1 Å². The minimum atomic E-state index is -4.16. The molecule has 0 spiro atoms. The predicted molar refractivity (Wildman–Crippen MR) is 132 cm³/mol. The predicted octanol–water partition coefficient (Wildman–Crippen LogP) is 1.72. The van der Waals surface area contributed by atoms with E-state index in [9.17, 15) is 26.4 Å². The lowest BCUT2D eigenvalue weighted by Gasteiger charge is -2.17. The maximum absolute atomic E-state index is 12.8. The molecule has 0 radical (unpaired) electrons. The smallest absolute Gasteiger partial charge is 0.242 e. The number of hydrogen-bond acceptors (Lipinski definition) is 8. The number of rotatable bonds is 11. The van der Waals surface area contributed by atoms with Crippen molar-refractivity contribution in [3.05, 3.63) is 42.5 Å². The summed E-state index contributed by atoms with van der Waals surface area (Å²) in [5, 5.41) is 3.46. The van der Waals surface area contributed by atoms with Crippen LogP contribution in [0.1, 0.15) is 13.3 Å². The number of ether oxygens (including phenoxy) is 2. The lowest BCUT2D eigenvalue weighted by Crippen LogP contribution is -2.39. The van der Waals surface area contributed by atoms with Crippen LogP contribution in [0.5, 0.6) is 11.5 Å². The van der Waals surface area contributed by atoms with Crippen LogP contribution < -0.4 is 20.1 Å². The van der Waals surface area contributed by atoms with Gasteiger partial charge in [-0.2, -0.15) is 0 Å². The van der Waals surface area contributed by atoms with Crippen molar-refractivity contribution < 1.29 is 35.9 Å². The van der Waals surface area contributed by atoms with E-state index in [-0.39, 0.29) is 17.0 Å². The maximum Gasteiger partial charge on any atom is 0.242 e. The number of methoxy groups -OCH3 is 2. The van der Waals surface area contributed by atoms with Gasteiger partial charge in [-0.1, -0.05) is 6.92 Å². The molecule has 0 heterocycles. The summed E-state index contributed by atoms with van der Waals surface area (Å²) >= 11 is 0. The molecule has 0 aliphatic rings. The van der Waals surface area contributed by atoms with E-state index in [4.69, 9.17) is 9.47 Å². The largest absolute Gasteiger partial charge is 0.493 e. The fourth-order valence-electron chi connectivity index (χ4n) is 3.14. The van der Waals surface area contributed by atoms with Gasteiger partial charge in [0, 0.05) is 31.5 Å². The second-order valence-corrected chi connectivity index (χ2v) is 12.0. The molecule has 2 aromatic rings. The average molecular weight is 528 g/mol. The average Bonchev–Trinajstić information content (AvgIpc) is 2.78. The van der Waals surface area contributed by atoms with Crippen LogP contribution in [0.15, 0.2) is 47.4 Å². The third kappa shape index (κ3) is 6.93. The number of benzene rings is 2. The Kier molecular flexibility index (Phi) is 9.24. The fraction of sp³-hybridized carbons (Fsp3) is 0.364. The Bertz CT molecular complexity index is 1270. The lowest BCUT2D eigenvalue weighted by atomic mass is 10.2. The molecule has 2 aromatic carbocycles. The maximum atomic E-state index is 12.8. The number of carbonyl (C=O) groups is 2. The van der Waals surface area contributed by atoms with Gasteiger partial charge in [-0.25, -0.2) is 21.1 Å². The molecule has 0 saturated heterocycles. The number of sulfonamides is 1. The Morgan fingerprint density at radius 1 is 0.886 bits per heavy atom. The van der Waals surface area contributed by atoms with E-state index in [1.54, 1.807) is 6.07 Å². The van der Waals surface area contributed by atoms with Gasteiger partial charge >= 0.3 is 0 Å². The molecule has 2 N–H and O–H groups in total. The van der Waals surface area contributed by atoms with Gasteiger partial charge in [0.1, 0.15) is 11.0 Å². The van der Waals surface area contributed by atoms with Crippen molar-refractivity contribution in [3.63, 3.8) is 0 Å². The van der Waals surface area contributed by atoms with Gasteiger partial charge in [0.2, 0.25) is 21.8 Å². The van der Waals surface area contributed by atoms with Crippen molar-refractivity contribution in [2.24, 2.45) is 0 Å². The van der Waals surface area contributed by atoms with E-state index in [1.807, 2.05) is 0 Å². The zero-order chi connectivity index (χ0) is 26.4. The standard InChI is InChI=1S/C22H29N3O8S2/c1-6-20(22(27)24-15-7-10-17(11-8-15)35(30,31)25(2)3)34(28,29)14-21(26)23-16-9-12-18(32-4)19(13-16)33-5/h7-13,20H,6,14H2,1-5H3,(H,23,26)(H,24,27). The first-order valence-corrected chi connectivity index (χ1v) is 13.6. The molecule has 2 rings (SSSR count). The second kappa shape index (κ2) is 11.5. The topological polar surface area (TPSA) is 148 Å².